The molecule has 0 bridgehead atoms. The van der Waals surface area contributed by atoms with E-state index in [1.54, 1.807) is 11.3 Å². The molecule has 0 atom stereocenters. The third-order valence-electron chi connectivity index (χ3n) is 4.47. The topological polar surface area (TPSA) is 68.0 Å². The van der Waals surface area contributed by atoms with E-state index in [0.717, 1.165) is 34.9 Å². The second kappa shape index (κ2) is 7.19. The second-order valence-corrected chi connectivity index (χ2v) is 7.35. The minimum absolute atomic E-state index is 0.0284. The number of anilines is 1. The Labute approximate surface area is 150 Å². The first-order valence-electron chi connectivity index (χ1n) is 8.54. The van der Waals surface area contributed by atoms with Crippen LogP contribution in [-0.4, -0.2) is 16.0 Å². The number of nitrogens with zero attached hydrogens (tertiary/aromatic N) is 2. The molecule has 1 amide bonds. The fourth-order valence-corrected chi connectivity index (χ4v) is 3.91. The monoisotopic (exact) mass is 353 g/mol. The van der Waals surface area contributed by atoms with Gasteiger partial charge in [-0.1, -0.05) is 36.2 Å². The first kappa shape index (κ1) is 16.0. The molecule has 1 N–H and O–H groups in total. The van der Waals surface area contributed by atoms with Gasteiger partial charge in [-0.2, -0.15) is 4.98 Å². The summed E-state index contributed by atoms with van der Waals surface area (Å²) in [7, 11) is 0. The van der Waals surface area contributed by atoms with Gasteiger partial charge in [0.15, 0.2) is 0 Å². The van der Waals surface area contributed by atoms with Crippen molar-refractivity contribution in [1.82, 2.24) is 10.1 Å². The van der Waals surface area contributed by atoms with E-state index < -0.39 is 0 Å². The summed E-state index contributed by atoms with van der Waals surface area (Å²) in [6.45, 7) is 0. The lowest BCUT2D eigenvalue weighted by molar-refractivity contribution is -0.115. The molecule has 1 aromatic carbocycles. The molecule has 0 radical (unpaired) electrons. The van der Waals surface area contributed by atoms with Crippen LogP contribution in [0.25, 0.3) is 11.4 Å². The highest BCUT2D eigenvalue weighted by atomic mass is 32.1. The molecule has 2 aromatic heterocycles. The average Bonchev–Trinajstić information content (AvgIpc) is 3.36. The highest BCUT2D eigenvalue weighted by Gasteiger charge is 2.23. The fourth-order valence-electron chi connectivity index (χ4n) is 3.20. The largest absolute Gasteiger partial charge is 0.339 e. The summed E-state index contributed by atoms with van der Waals surface area (Å²) in [4.78, 5) is 17.8. The Morgan fingerprint density at radius 1 is 1.24 bits per heavy atom. The van der Waals surface area contributed by atoms with Crippen molar-refractivity contribution in [2.75, 3.05) is 5.32 Å². The van der Waals surface area contributed by atoms with E-state index >= 15 is 0 Å². The van der Waals surface area contributed by atoms with E-state index in [0.29, 0.717) is 18.2 Å². The highest BCUT2D eigenvalue weighted by molar-refractivity contribution is 7.10. The zero-order valence-electron chi connectivity index (χ0n) is 13.8. The lowest BCUT2D eigenvalue weighted by atomic mass is 10.1. The van der Waals surface area contributed by atoms with Crippen molar-refractivity contribution in [2.45, 2.75) is 38.0 Å². The number of aromatic nitrogens is 2. The van der Waals surface area contributed by atoms with Crippen molar-refractivity contribution in [1.29, 1.82) is 0 Å². The molecule has 0 aliphatic heterocycles. The lowest BCUT2D eigenvalue weighted by Gasteiger charge is -2.05. The summed E-state index contributed by atoms with van der Waals surface area (Å²) >= 11 is 1.58. The minimum atomic E-state index is -0.0284. The maximum Gasteiger partial charge on any atom is 0.230 e. The Morgan fingerprint density at radius 2 is 2.12 bits per heavy atom. The lowest BCUT2D eigenvalue weighted by Crippen LogP contribution is -2.13. The molecule has 1 fully saturated rings. The van der Waals surface area contributed by atoms with E-state index in [2.05, 4.69) is 15.5 Å². The fraction of sp³-hybridized carbons (Fsp3) is 0.316. The molecule has 4 rings (SSSR count). The van der Waals surface area contributed by atoms with Gasteiger partial charge in [-0.05, 0) is 36.4 Å². The number of nitrogens with one attached hydrogen (secondary N) is 1. The van der Waals surface area contributed by atoms with Crippen LogP contribution in [0.5, 0.6) is 0 Å². The van der Waals surface area contributed by atoms with Crippen LogP contribution in [-0.2, 0) is 11.2 Å². The average molecular weight is 353 g/mol. The first-order valence-corrected chi connectivity index (χ1v) is 9.42. The molecule has 0 unspecified atom stereocenters. The van der Waals surface area contributed by atoms with Crippen LogP contribution in [0.3, 0.4) is 0 Å². The van der Waals surface area contributed by atoms with E-state index in [1.807, 2.05) is 41.8 Å². The molecule has 0 spiro atoms. The van der Waals surface area contributed by atoms with Crippen LogP contribution in [0, 0.1) is 0 Å². The molecule has 25 heavy (non-hydrogen) atoms. The van der Waals surface area contributed by atoms with Crippen molar-refractivity contribution >= 4 is 22.9 Å². The van der Waals surface area contributed by atoms with E-state index in [4.69, 9.17) is 4.52 Å². The molecule has 3 aromatic rings. The summed E-state index contributed by atoms with van der Waals surface area (Å²) in [6, 6.07) is 11.5. The molecular weight excluding hydrogens is 334 g/mol. The van der Waals surface area contributed by atoms with E-state index in [9.17, 15) is 4.79 Å². The van der Waals surface area contributed by atoms with Crippen molar-refractivity contribution in [2.24, 2.45) is 0 Å². The number of thiophene rings is 1. The zero-order chi connectivity index (χ0) is 17.1. The Bertz CT molecular complexity index is 851. The summed E-state index contributed by atoms with van der Waals surface area (Å²) in [6.07, 6.45) is 5.10. The molecule has 128 valence electrons. The van der Waals surface area contributed by atoms with Gasteiger partial charge in [0.25, 0.3) is 0 Å². The Kier molecular flexibility index (Phi) is 4.61. The minimum Gasteiger partial charge on any atom is -0.339 e. The van der Waals surface area contributed by atoms with Crippen LogP contribution in [0.4, 0.5) is 5.69 Å². The molecule has 6 heteroatoms. The standard InChI is InChI=1S/C19H19N3O2S/c23-17(12-16-9-4-10-25-16)20-15-8-3-7-14(11-15)18-21-19(24-22-18)13-5-1-2-6-13/h3-4,7-11,13H,1-2,5-6,12H2,(H,20,23). The molecular formula is C19H19N3O2S. The van der Waals surface area contributed by atoms with Gasteiger partial charge < -0.3 is 9.84 Å². The van der Waals surface area contributed by atoms with Gasteiger partial charge in [-0.25, -0.2) is 0 Å². The van der Waals surface area contributed by atoms with Gasteiger partial charge in [0.1, 0.15) is 0 Å². The predicted molar refractivity (Wildman–Crippen MR) is 97.6 cm³/mol. The molecule has 1 aliphatic carbocycles. The molecule has 1 saturated carbocycles. The number of rotatable bonds is 5. The molecule has 5 nitrogen and oxygen atoms in total. The van der Waals surface area contributed by atoms with E-state index in [1.165, 1.54) is 12.8 Å². The van der Waals surface area contributed by atoms with Gasteiger partial charge in [0, 0.05) is 22.0 Å². The number of carbonyl (C=O) groups excluding carboxylic acids is 1. The Hall–Kier alpha value is -2.47. The zero-order valence-corrected chi connectivity index (χ0v) is 14.6. The predicted octanol–water partition coefficient (Wildman–Crippen LogP) is 4.64. The second-order valence-electron chi connectivity index (χ2n) is 6.32. The third-order valence-corrected chi connectivity index (χ3v) is 5.34. The first-order chi connectivity index (χ1) is 12.3. The SMILES string of the molecule is O=C(Cc1cccs1)Nc1cccc(-c2noc(C3CCCC3)n2)c1. The smallest absolute Gasteiger partial charge is 0.230 e. The van der Waals surface area contributed by atoms with Gasteiger partial charge in [-0.15, -0.1) is 11.3 Å². The van der Waals surface area contributed by atoms with Gasteiger partial charge in [0.2, 0.25) is 17.6 Å². The Balaban J connectivity index is 1.46. The maximum atomic E-state index is 12.2. The van der Waals surface area contributed by atoms with Crippen molar-refractivity contribution < 1.29 is 9.32 Å². The molecule has 1 aliphatic rings. The number of amides is 1. The number of carbonyl (C=O) groups is 1. The van der Waals surface area contributed by atoms with Crippen LogP contribution in [0.15, 0.2) is 46.3 Å². The normalized spacial score (nSPS) is 14.7. The number of hydrogen-bond acceptors (Lipinski definition) is 5. The summed E-state index contributed by atoms with van der Waals surface area (Å²) in [5, 5.41) is 9.02. The van der Waals surface area contributed by atoms with Crippen molar-refractivity contribution in [3.63, 3.8) is 0 Å². The van der Waals surface area contributed by atoms with Crippen LogP contribution >= 0.6 is 11.3 Å². The number of benzene rings is 1. The van der Waals surface area contributed by atoms with Gasteiger partial charge >= 0.3 is 0 Å². The maximum absolute atomic E-state index is 12.2. The number of hydrogen-bond donors (Lipinski definition) is 1. The van der Waals surface area contributed by atoms with Crippen molar-refractivity contribution in [3.05, 3.63) is 52.5 Å². The van der Waals surface area contributed by atoms with Crippen LogP contribution in [0.2, 0.25) is 0 Å². The molecule has 0 saturated heterocycles. The van der Waals surface area contributed by atoms with Crippen LogP contribution < -0.4 is 5.32 Å². The van der Waals surface area contributed by atoms with Gasteiger partial charge in [-0.3, -0.25) is 4.79 Å². The molecule has 2 heterocycles. The third kappa shape index (κ3) is 3.79. The van der Waals surface area contributed by atoms with Crippen molar-refractivity contribution in [3.8, 4) is 11.4 Å². The van der Waals surface area contributed by atoms with E-state index in [-0.39, 0.29) is 5.91 Å². The quantitative estimate of drug-likeness (QED) is 0.726. The summed E-state index contributed by atoms with van der Waals surface area (Å²) < 4.78 is 5.45. The Morgan fingerprint density at radius 3 is 2.92 bits per heavy atom. The highest BCUT2D eigenvalue weighted by Crippen LogP contribution is 2.34. The summed E-state index contributed by atoms with van der Waals surface area (Å²) in [5.74, 6) is 1.69. The van der Waals surface area contributed by atoms with Crippen LogP contribution in [0.1, 0.15) is 42.4 Å². The van der Waals surface area contributed by atoms with Gasteiger partial charge in [0.05, 0.1) is 6.42 Å². The summed E-state index contributed by atoms with van der Waals surface area (Å²) in [5.41, 5.74) is 1.59.